The molecule has 1 unspecified atom stereocenters. The summed E-state index contributed by atoms with van der Waals surface area (Å²) in [6.07, 6.45) is -0.632. The summed E-state index contributed by atoms with van der Waals surface area (Å²) in [6, 6.07) is 13.2. The number of para-hydroxylation sites is 1. The summed E-state index contributed by atoms with van der Waals surface area (Å²) in [4.78, 5) is 0. The molecule has 2 aromatic carbocycles. The van der Waals surface area contributed by atoms with Crippen molar-refractivity contribution in [2.45, 2.75) is 19.1 Å². The van der Waals surface area contributed by atoms with Crippen molar-refractivity contribution in [2.24, 2.45) is 0 Å². The van der Waals surface area contributed by atoms with Gasteiger partial charge in [0.15, 0.2) is 0 Å². The zero-order valence-electron chi connectivity index (χ0n) is 10.5. The second-order valence-electron chi connectivity index (χ2n) is 4.26. The first kappa shape index (κ1) is 14.8. The molecule has 0 heterocycles. The van der Waals surface area contributed by atoms with Crippen molar-refractivity contribution in [1.29, 1.82) is 0 Å². The lowest BCUT2D eigenvalue weighted by molar-refractivity contribution is -0.0515. The van der Waals surface area contributed by atoms with E-state index in [1.54, 1.807) is 42.5 Å². The Kier molecular flexibility index (Phi) is 4.93. The van der Waals surface area contributed by atoms with Crippen LogP contribution in [-0.4, -0.2) is 11.7 Å². The number of aliphatic hydroxyl groups is 1. The van der Waals surface area contributed by atoms with E-state index in [0.717, 1.165) is 5.56 Å². The zero-order chi connectivity index (χ0) is 14.5. The number of alkyl halides is 2. The Balaban J connectivity index is 2.16. The topological polar surface area (TPSA) is 29.5 Å². The summed E-state index contributed by atoms with van der Waals surface area (Å²) in [5.41, 5.74) is 1.19. The van der Waals surface area contributed by atoms with E-state index in [1.807, 2.05) is 0 Å². The third-order valence-electron chi connectivity index (χ3n) is 2.84. The molecule has 20 heavy (non-hydrogen) atoms. The average Bonchev–Trinajstić information content (AvgIpc) is 2.41. The van der Waals surface area contributed by atoms with Gasteiger partial charge in [-0.1, -0.05) is 41.9 Å². The number of halogens is 3. The Bertz CT molecular complexity index is 558. The summed E-state index contributed by atoms with van der Waals surface area (Å²) in [5.74, 6) is -0.0102. The minimum absolute atomic E-state index is 0.0102. The van der Waals surface area contributed by atoms with E-state index in [0.29, 0.717) is 17.0 Å². The van der Waals surface area contributed by atoms with E-state index in [-0.39, 0.29) is 5.75 Å². The molecule has 0 aliphatic carbocycles. The van der Waals surface area contributed by atoms with Gasteiger partial charge in [-0.3, -0.25) is 0 Å². The third-order valence-corrected chi connectivity index (χ3v) is 3.09. The van der Waals surface area contributed by atoms with E-state index < -0.39 is 12.7 Å². The smallest absolute Gasteiger partial charge is 0.387 e. The van der Waals surface area contributed by atoms with Gasteiger partial charge in [0, 0.05) is 17.0 Å². The highest BCUT2D eigenvalue weighted by Gasteiger charge is 2.16. The molecule has 0 radical (unpaired) electrons. The van der Waals surface area contributed by atoms with Gasteiger partial charge in [0.1, 0.15) is 5.75 Å². The Morgan fingerprint density at radius 3 is 2.35 bits per heavy atom. The zero-order valence-corrected chi connectivity index (χ0v) is 11.2. The highest BCUT2D eigenvalue weighted by atomic mass is 35.5. The van der Waals surface area contributed by atoms with E-state index >= 15 is 0 Å². The Hall–Kier alpha value is -1.65. The predicted molar refractivity (Wildman–Crippen MR) is 73.2 cm³/mol. The molecule has 1 N–H and O–H groups in total. The maximum atomic E-state index is 12.3. The number of ether oxygens (including phenoxy) is 1. The SMILES string of the molecule is OC(Cc1ccc(Cl)cc1)c1ccccc1OC(F)F. The largest absolute Gasteiger partial charge is 0.434 e. The molecule has 2 aromatic rings. The van der Waals surface area contributed by atoms with Crippen LogP contribution in [0.5, 0.6) is 5.75 Å². The van der Waals surface area contributed by atoms with Crippen molar-refractivity contribution in [3.8, 4) is 5.75 Å². The van der Waals surface area contributed by atoms with Crippen molar-refractivity contribution in [3.63, 3.8) is 0 Å². The van der Waals surface area contributed by atoms with Crippen LogP contribution < -0.4 is 4.74 Å². The second-order valence-corrected chi connectivity index (χ2v) is 4.70. The van der Waals surface area contributed by atoms with Crippen molar-refractivity contribution in [2.75, 3.05) is 0 Å². The first-order chi connectivity index (χ1) is 9.56. The van der Waals surface area contributed by atoms with Gasteiger partial charge in [-0.2, -0.15) is 8.78 Å². The fourth-order valence-corrected chi connectivity index (χ4v) is 2.04. The van der Waals surface area contributed by atoms with Crippen LogP contribution in [0.3, 0.4) is 0 Å². The van der Waals surface area contributed by atoms with Gasteiger partial charge in [-0.15, -0.1) is 0 Å². The highest BCUT2D eigenvalue weighted by Crippen LogP contribution is 2.28. The van der Waals surface area contributed by atoms with E-state index in [9.17, 15) is 13.9 Å². The van der Waals surface area contributed by atoms with Gasteiger partial charge in [0.2, 0.25) is 0 Å². The number of hydrogen-bond acceptors (Lipinski definition) is 2. The Morgan fingerprint density at radius 2 is 1.70 bits per heavy atom. The third kappa shape index (κ3) is 3.92. The maximum absolute atomic E-state index is 12.3. The van der Waals surface area contributed by atoms with Crippen LogP contribution in [-0.2, 0) is 6.42 Å². The van der Waals surface area contributed by atoms with E-state index in [2.05, 4.69) is 4.74 Å². The standard InChI is InChI=1S/C15H13ClF2O2/c16-11-7-5-10(6-8-11)9-13(19)12-3-1-2-4-14(12)20-15(17)18/h1-8,13,15,19H,9H2. The van der Waals surface area contributed by atoms with Crippen molar-refractivity contribution in [1.82, 2.24) is 0 Å². The number of benzene rings is 2. The first-order valence-corrected chi connectivity index (χ1v) is 6.40. The van der Waals surface area contributed by atoms with Gasteiger partial charge in [0.25, 0.3) is 0 Å². The molecule has 0 saturated heterocycles. The molecule has 0 aliphatic rings. The summed E-state index contributed by atoms with van der Waals surface area (Å²) in [5, 5.41) is 10.8. The Morgan fingerprint density at radius 1 is 1.05 bits per heavy atom. The fraction of sp³-hybridized carbons (Fsp3) is 0.200. The summed E-state index contributed by atoms with van der Waals surface area (Å²) < 4.78 is 29.0. The summed E-state index contributed by atoms with van der Waals surface area (Å²) in [7, 11) is 0. The molecular weight excluding hydrogens is 286 g/mol. The summed E-state index contributed by atoms with van der Waals surface area (Å²) >= 11 is 5.78. The second kappa shape index (κ2) is 6.68. The summed E-state index contributed by atoms with van der Waals surface area (Å²) in [6.45, 7) is -2.92. The minimum Gasteiger partial charge on any atom is -0.434 e. The molecule has 1 atom stereocenters. The molecule has 0 bridgehead atoms. The van der Waals surface area contributed by atoms with E-state index in [1.165, 1.54) is 6.07 Å². The fourth-order valence-electron chi connectivity index (χ4n) is 1.91. The molecule has 2 rings (SSSR count). The lowest BCUT2D eigenvalue weighted by atomic mass is 10.0. The maximum Gasteiger partial charge on any atom is 0.387 e. The van der Waals surface area contributed by atoms with Crippen molar-refractivity contribution >= 4 is 11.6 Å². The lowest BCUT2D eigenvalue weighted by Crippen LogP contribution is -2.08. The normalized spacial score (nSPS) is 12.4. The van der Waals surface area contributed by atoms with Gasteiger partial charge in [-0.25, -0.2) is 0 Å². The molecule has 0 fully saturated rings. The monoisotopic (exact) mass is 298 g/mol. The van der Waals surface area contributed by atoms with Crippen LogP contribution in [0.25, 0.3) is 0 Å². The van der Waals surface area contributed by atoms with Crippen molar-refractivity contribution in [3.05, 3.63) is 64.7 Å². The van der Waals surface area contributed by atoms with Crippen LogP contribution in [0.4, 0.5) is 8.78 Å². The quantitative estimate of drug-likeness (QED) is 0.895. The molecular formula is C15H13ClF2O2. The minimum atomic E-state index is -2.92. The lowest BCUT2D eigenvalue weighted by Gasteiger charge is -2.15. The predicted octanol–water partition coefficient (Wildman–Crippen LogP) is 4.22. The first-order valence-electron chi connectivity index (χ1n) is 6.02. The Labute approximate surface area is 120 Å². The van der Waals surface area contributed by atoms with Gasteiger partial charge >= 0.3 is 6.61 Å². The average molecular weight is 299 g/mol. The molecule has 0 saturated carbocycles. The van der Waals surface area contributed by atoms with Gasteiger partial charge in [-0.05, 0) is 23.8 Å². The van der Waals surface area contributed by atoms with Crippen LogP contribution in [0.1, 0.15) is 17.2 Å². The van der Waals surface area contributed by atoms with Gasteiger partial charge in [0.05, 0.1) is 6.10 Å². The molecule has 0 amide bonds. The van der Waals surface area contributed by atoms with Crippen LogP contribution in [0.15, 0.2) is 48.5 Å². The van der Waals surface area contributed by atoms with Crippen molar-refractivity contribution < 1.29 is 18.6 Å². The molecule has 106 valence electrons. The van der Waals surface area contributed by atoms with Gasteiger partial charge < -0.3 is 9.84 Å². The van der Waals surface area contributed by atoms with Crippen LogP contribution in [0.2, 0.25) is 5.02 Å². The van der Waals surface area contributed by atoms with Crippen LogP contribution in [0, 0.1) is 0 Å². The van der Waals surface area contributed by atoms with E-state index in [4.69, 9.17) is 11.6 Å². The highest BCUT2D eigenvalue weighted by molar-refractivity contribution is 6.30. The molecule has 0 spiro atoms. The number of rotatable bonds is 5. The number of hydrogen-bond donors (Lipinski definition) is 1. The molecule has 5 heteroatoms. The van der Waals surface area contributed by atoms with Crippen LogP contribution >= 0.6 is 11.6 Å². The molecule has 2 nitrogen and oxygen atoms in total. The molecule has 0 aliphatic heterocycles. The number of aliphatic hydroxyl groups excluding tert-OH is 1. The molecule has 0 aromatic heterocycles.